The van der Waals surface area contributed by atoms with Crippen molar-refractivity contribution in [1.29, 1.82) is 0 Å². The maximum atomic E-state index is 15.3. The van der Waals surface area contributed by atoms with Gasteiger partial charge in [0.05, 0.1) is 88.6 Å². The third-order valence-electron chi connectivity index (χ3n) is 19.4. The average Bonchev–Trinajstić information content (AvgIpc) is 1.75. The maximum absolute atomic E-state index is 15.3. The van der Waals surface area contributed by atoms with Crippen molar-refractivity contribution in [3.8, 4) is 17.2 Å². The molecule has 6 atom stereocenters. The first kappa shape index (κ1) is 61.1. The molecule has 9 fully saturated rings. The topological polar surface area (TPSA) is 260 Å². The molecular formula is C63H69F3GaN9O12. The number of benzene rings is 3. The summed E-state index contributed by atoms with van der Waals surface area (Å²) in [4.78, 5) is 78.6. The van der Waals surface area contributed by atoms with Gasteiger partial charge in [-0.15, -0.1) is 0 Å². The number of ether oxygens (including phenoxy) is 3. The zero-order valence-corrected chi connectivity index (χ0v) is 51.7. The molecule has 0 unspecified atom stereocenters. The van der Waals surface area contributed by atoms with Crippen LogP contribution in [0.25, 0.3) is 32.7 Å². The van der Waals surface area contributed by atoms with Crippen LogP contribution in [-0.2, 0) is 0 Å². The number of hydrogen-bond donors (Lipinski definition) is 3. The Morgan fingerprint density at radius 1 is 0.443 bits per heavy atom. The van der Waals surface area contributed by atoms with E-state index in [4.69, 9.17) is 14.2 Å². The largest absolute Gasteiger partial charge is 3.00 e. The summed E-state index contributed by atoms with van der Waals surface area (Å²) in [5.41, 5.74) is -1.12. The Kier molecular flexibility index (Phi) is 16.9. The van der Waals surface area contributed by atoms with Crippen molar-refractivity contribution < 1.29 is 57.1 Å². The van der Waals surface area contributed by atoms with Gasteiger partial charge in [-0.25, -0.2) is 13.2 Å². The fourth-order valence-corrected chi connectivity index (χ4v) is 14.8. The van der Waals surface area contributed by atoms with E-state index in [2.05, 4.69) is 16.0 Å². The number of fused-ring (bicyclic) bond motifs is 6. The minimum Gasteiger partial charge on any atom is -0.545 e. The van der Waals surface area contributed by atoms with Crippen LogP contribution in [0.5, 0.6) is 17.2 Å². The van der Waals surface area contributed by atoms with E-state index < -0.39 is 68.3 Å². The number of anilines is 3. The van der Waals surface area contributed by atoms with Crippen LogP contribution in [-0.4, -0.2) is 150 Å². The van der Waals surface area contributed by atoms with Crippen LogP contribution in [0.2, 0.25) is 0 Å². The fraction of sp³-hybridized carbons (Fsp3) is 0.524. The van der Waals surface area contributed by atoms with Crippen molar-refractivity contribution in [3.63, 3.8) is 0 Å². The number of piperidine rings is 3. The van der Waals surface area contributed by atoms with E-state index in [1.165, 1.54) is 39.9 Å². The second kappa shape index (κ2) is 24.3. The van der Waals surface area contributed by atoms with E-state index >= 15 is 13.2 Å². The standard InChI is InChI=1S/3C21H24FN3O4.Ga/c3*1-29-20-17-13(19(26)14(21(27)28)9-25(17)12-4-5-12)7-15(22)18(20)24-8-11-3-2-6-23-16(11)10-24;/h3*7,9,11-12,16,23H,2-6,8,10H2,1H3,(H,27,28);/q;;;+3/p-3/t3*11-,16+;/m000./s1. The van der Waals surface area contributed by atoms with Gasteiger partial charge < -0.3 is 88.3 Å². The molecule has 15 rings (SSSR count). The Morgan fingerprint density at radius 3 is 0.920 bits per heavy atom. The molecular weight excluding hydrogens is 1200 g/mol. The van der Waals surface area contributed by atoms with Gasteiger partial charge in [-0.05, 0) is 133 Å². The van der Waals surface area contributed by atoms with E-state index in [1.54, 1.807) is 13.7 Å². The Balaban J connectivity index is 0.000000128. The molecule has 0 radical (unpaired) electrons. The fourth-order valence-electron chi connectivity index (χ4n) is 14.8. The van der Waals surface area contributed by atoms with Gasteiger partial charge in [0.25, 0.3) is 0 Å². The molecule has 0 amide bonds. The molecule has 462 valence electrons. The number of hydrogen-bond acceptors (Lipinski definition) is 18. The number of methoxy groups -OCH3 is 3. The van der Waals surface area contributed by atoms with Crippen molar-refractivity contribution in [3.05, 3.63) is 102 Å². The number of nitrogens with one attached hydrogen (secondary N) is 3. The number of aromatic carboxylic acids is 3. The molecule has 21 nitrogen and oxygen atoms in total. The molecule has 6 aromatic rings. The van der Waals surface area contributed by atoms with Crippen molar-refractivity contribution in [2.75, 3.05) is 94.9 Å². The molecule has 3 aromatic carbocycles. The normalized spacial score (nSPS) is 23.7. The molecule has 6 aliphatic heterocycles. The van der Waals surface area contributed by atoms with Crippen LogP contribution in [0, 0.1) is 35.2 Å². The van der Waals surface area contributed by atoms with E-state index in [0.717, 1.165) is 135 Å². The number of pyridine rings is 3. The molecule has 3 N–H and O–H groups in total. The van der Waals surface area contributed by atoms with Crippen LogP contribution in [0.1, 0.15) is 126 Å². The van der Waals surface area contributed by atoms with Gasteiger partial charge >= 0.3 is 19.8 Å². The molecule has 9 heterocycles. The Hall–Kier alpha value is -7.19. The first-order chi connectivity index (χ1) is 42.0. The summed E-state index contributed by atoms with van der Waals surface area (Å²) >= 11 is 0. The molecule has 3 aromatic heterocycles. The zero-order valence-electron chi connectivity index (χ0n) is 49.3. The summed E-state index contributed by atoms with van der Waals surface area (Å²) in [6.45, 7) is 7.11. The third kappa shape index (κ3) is 10.9. The minimum absolute atomic E-state index is 0. The van der Waals surface area contributed by atoms with Gasteiger partial charge in [-0.1, -0.05) is 0 Å². The first-order valence-corrected chi connectivity index (χ1v) is 30.4. The van der Waals surface area contributed by atoms with Gasteiger partial charge in [-0.3, -0.25) is 14.4 Å². The van der Waals surface area contributed by atoms with Crippen LogP contribution >= 0.6 is 0 Å². The Morgan fingerprint density at radius 2 is 0.705 bits per heavy atom. The van der Waals surface area contributed by atoms with Crippen LogP contribution in [0.4, 0.5) is 30.2 Å². The van der Waals surface area contributed by atoms with E-state index in [9.17, 15) is 44.1 Å². The Bertz CT molecular complexity index is 3560. The van der Waals surface area contributed by atoms with Crippen molar-refractivity contribution in [2.24, 2.45) is 17.8 Å². The number of carbonyl (C=O) groups excluding carboxylic acids is 3. The van der Waals surface area contributed by atoms with E-state index in [-0.39, 0.29) is 54.1 Å². The number of carbonyl (C=O) groups is 3. The van der Waals surface area contributed by atoms with Crippen molar-refractivity contribution in [2.45, 2.75) is 113 Å². The monoisotopic (exact) mass is 1270 g/mol. The van der Waals surface area contributed by atoms with Gasteiger partial charge in [0.15, 0.2) is 51.0 Å². The Labute approximate surface area is 516 Å². The van der Waals surface area contributed by atoms with Crippen LogP contribution in [0.15, 0.2) is 51.2 Å². The van der Waals surface area contributed by atoms with Gasteiger partial charge in [-0.2, -0.15) is 0 Å². The second-order valence-electron chi connectivity index (χ2n) is 24.9. The van der Waals surface area contributed by atoms with Gasteiger partial charge in [0.2, 0.25) is 0 Å². The van der Waals surface area contributed by atoms with Gasteiger partial charge in [0, 0.05) is 94.1 Å². The second-order valence-corrected chi connectivity index (χ2v) is 24.9. The molecule has 3 saturated carbocycles. The summed E-state index contributed by atoms with van der Waals surface area (Å²) in [6.07, 6.45) is 15.9. The first-order valence-electron chi connectivity index (χ1n) is 30.4. The smallest absolute Gasteiger partial charge is 0.545 e. The molecule has 25 heteroatoms. The number of aromatic nitrogens is 3. The molecule has 0 bridgehead atoms. The number of halogens is 3. The molecule has 9 aliphatic rings. The van der Waals surface area contributed by atoms with E-state index in [0.29, 0.717) is 106 Å². The van der Waals surface area contributed by atoms with Crippen LogP contribution < -0.4 is 76.5 Å². The minimum atomic E-state index is -1.55. The summed E-state index contributed by atoms with van der Waals surface area (Å²) in [5, 5.41) is 45.0. The number of carboxylic acids is 3. The number of carboxylic acid groups (broad SMARTS) is 3. The summed E-state index contributed by atoms with van der Waals surface area (Å²) < 4.78 is 68.1. The van der Waals surface area contributed by atoms with Crippen molar-refractivity contribution >= 4 is 87.5 Å². The maximum Gasteiger partial charge on any atom is 3.00 e. The predicted octanol–water partition coefficient (Wildman–Crippen LogP) is 2.73. The van der Waals surface area contributed by atoms with Crippen LogP contribution in [0.3, 0.4) is 0 Å². The summed E-state index contributed by atoms with van der Waals surface area (Å²) in [5.74, 6) is -4.10. The molecule has 6 saturated heterocycles. The molecule has 3 aliphatic carbocycles. The SMILES string of the molecule is COc1c(N2C[C@@H]3CCCN[C@@H]3C2)c(F)cc2c(=O)c(C(=O)[O-])cn(C3CC3)c12.COc1c(N2C[C@@H]3CCCN[C@@H]3C2)c(F)cc2c(=O)c(C(=O)[O-])cn(C3CC3)c12.COc1c(N2C[C@@H]3CCCN[C@@H]3C2)c(F)cc2c(=O)c(C(=O)[O-])cn(C3CC3)c12.[Ga+3]. The summed E-state index contributed by atoms with van der Waals surface area (Å²) in [7, 11) is 4.40. The zero-order chi connectivity index (χ0) is 60.9. The van der Waals surface area contributed by atoms with Gasteiger partial charge in [0.1, 0.15) is 17.1 Å². The average molecular weight is 1270 g/mol. The summed E-state index contributed by atoms with van der Waals surface area (Å²) in [6, 6.07) is 4.66. The molecule has 0 spiro atoms. The van der Waals surface area contributed by atoms with Crippen molar-refractivity contribution in [1.82, 2.24) is 29.7 Å². The number of nitrogens with zero attached hydrogens (tertiary/aromatic N) is 6. The molecule has 88 heavy (non-hydrogen) atoms. The number of rotatable bonds is 12. The predicted molar refractivity (Wildman–Crippen MR) is 318 cm³/mol. The third-order valence-corrected chi connectivity index (χ3v) is 19.4. The van der Waals surface area contributed by atoms with E-state index in [1.807, 2.05) is 14.7 Å². The quantitative estimate of drug-likeness (QED) is 0.149.